The van der Waals surface area contributed by atoms with E-state index < -0.39 is 23.2 Å². The van der Waals surface area contributed by atoms with Gasteiger partial charge >= 0.3 is 6.18 Å². The number of hydrogen-bond donors (Lipinski definition) is 2. The smallest absolute Gasteiger partial charge is 0.417 e. The van der Waals surface area contributed by atoms with Crippen molar-refractivity contribution in [3.63, 3.8) is 0 Å². The second kappa shape index (κ2) is 8.20. The zero-order chi connectivity index (χ0) is 23.0. The molecule has 3 aromatic rings. The van der Waals surface area contributed by atoms with Crippen molar-refractivity contribution >= 4 is 17.5 Å². The zero-order valence-corrected chi connectivity index (χ0v) is 17.5. The van der Waals surface area contributed by atoms with E-state index >= 15 is 0 Å². The number of alkyl halides is 3. The summed E-state index contributed by atoms with van der Waals surface area (Å²) in [6, 6.07) is 9.51. The summed E-state index contributed by atoms with van der Waals surface area (Å²) in [5.41, 5.74) is -0.00409. The summed E-state index contributed by atoms with van der Waals surface area (Å²) in [5.74, 6) is 5.04. The Balaban J connectivity index is 2.03. The van der Waals surface area contributed by atoms with E-state index in [1.165, 1.54) is 48.0 Å². The van der Waals surface area contributed by atoms with Gasteiger partial charge in [-0.1, -0.05) is 29.8 Å². The van der Waals surface area contributed by atoms with E-state index in [0.29, 0.717) is 5.02 Å². The lowest BCUT2D eigenvalue weighted by Gasteiger charge is -2.26. The van der Waals surface area contributed by atoms with Gasteiger partial charge < -0.3 is 9.30 Å². The van der Waals surface area contributed by atoms with Gasteiger partial charge in [-0.3, -0.25) is 10.2 Å². The maximum Gasteiger partial charge on any atom is 0.417 e. The molecule has 0 fully saturated rings. The number of nitrogens with two attached hydrogens (primary N) is 1. The van der Waals surface area contributed by atoms with E-state index in [1.54, 1.807) is 13.8 Å². The third-order valence-electron chi connectivity index (χ3n) is 4.57. The highest BCUT2D eigenvalue weighted by atomic mass is 35.5. The standard InChI is InChI=1S/C20H19ClF3N5O2/c1-19(2,31-15-9-8-11(21)10-13(15)17(30)26-25)18-28-27-16(29(18)3)12-6-4-5-7-14(12)20(22,23)24/h4-10H,25H2,1-3H3,(H,26,30). The molecule has 11 heteroatoms. The average molecular weight is 454 g/mol. The fraction of sp³-hybridized carbons (Fsp3) is 0.250. The third-order valence-corrected chi connectivity index (χ3v) is 4.80. The van der Waals surface area contributed by atoms with E-state index in [-0.39, 0.29) is 28.5 Å². The Kier molecular flexibility index (Phi) is 5.97. The van der Waals surface area contributed by atoms with Gasteiger partial charge in [0.25, 0.3) is 5.91 Å². The van der Waals surface area contributed by atoms with Crippen LogP contribution in [0.1, 0.15) is 35.6 Å². The van der Waals surface area contributed by atoms with Crippen LogP contribution < -0.4 is 16.0 Å². The molecule has 0 aliphatic carbocycles. The van der Waals surface area contributed by atoms with Gasteiger partial charge in [-0.2, -0.15) is 13.2 Å². The predicted octanol–water partition coefficient (Wildman–Crippen LogP) is 4.07. The van der Waals surface area contributed by atoms with E-state index in [0.717, 1.165) is 6.07 Å². The monoisotopic (exact) mass is 453 g/mol. The normalized spacial score (nSPS) is 12.0. The minimum Gasteiger partial charge on any atom is -0.479 e. The van der Waals surface area contributed by atoms with Gasteiger partial charge in [0.15, 0.2) is 17.2 Å². The largest absolute Gasteiger partial charge is 0.479 e. The first kappa shape index (κ1) is 22.6. The number of aromatic nitrogens is 3. The van der Waals surface area contributed by atoms with Crippen LogP contribution in [0, 0.1) is 0 Å². The van der Waals surface area contributed by atoms with Crippen LogP contribution in [0.2, 0.25) is 5.02 Å². The Morgan fingerprint density at radius 1 is 1.16 bits per heavy atom. The highest BCUT2D eigenvalue weighted by Crippen LogP contribution is 2.37. The molecule has 1 heterocycles. The number of hydrogen-bond acceptors (Lipinski definition) is 5. The molecule has 0 bridgehead atoms. The second-order valence-corrected chi connectivity index (χ2v) is 7.61. The van der Waals surface area contributed by atoms with Crippen LogP contribution in [0.15, 0.2) is 42.5 Å². The van der Waals surface area contributed by atoms with Crippen LogP contribution in [-0.2, 0) is 18.8 Å². The van der Waals surface area contributed by atoms with Gasteiger partial charge in [0.05, 0.1) is 11.1 Å². The second-order valence-electron chi connectivity index (χ2n) is 7.18. The first-order chi connectivity index (χ1) is 14.5. The molecular formula is C20H19ClF3N5O2. The van der Waals surface area contributed by atoms with Gasteiger partial charge in [-0.05, 0) is 38.1 Å². The van der Waals surface area contributed by atoms with Crippen molar-refractivity contribution in [3.8, 4) is 17.1 Å². The van der Waals surface area contributed by atoms with Crippen molar-refractivity contribution in [2.24, 2.45) is 12.9 Å². The molecule has 1 aromatic heterocycles. The average Bonchev–Trinajstić information content (AvgIpc) is 3.10. The lowest BCUT2D eigenvalue weighted by molar-refractivity contribution is -0.137. The summed E-state index contributed by atoms with van der Waals surface area (Å²) >= 11 is 5.96. The van der Waals surface area contributed by atoms with Crippen molar-refractivity contribution < 1.29 is 22.7 Å². The number of halogens is 4. The SMILES string of the molecule is Cn1c(-c2ccccc2C(F)(F)F)nnc1C(C)(C)Oc1ccc(Cl)cc1C(=O)NN. The molecule has 0 saturated heterocycles. The van der Waals surface area contributed by atoms with Crippen LogP contribution in [0.25, 0.3) is 11.4 Å². The van der Waals surface area contributed by atoms with Gasteiger partial charge in [0.2, 0.25) is 0 Å². The maximum atomic E-state index is 13.4. The predicted molar refractivity (Wildman–Crippen MR) is 108 cm³/mol. The molecule has 164 valence electrons. The van der Waals surface area contributed by atoms with Crippen molar-refractivity contribution in [3.05, 3.63) is 64.4 Å². The molecule has 0 atom stereocenters. The molecule has 0 saturated carbocycles. The fourth-order valence-corrected chi connectivity index (χ4v) is 3.35. The van der Waals surface area contributed by atoms with Gasteiger partial charge in [0.1, 0.15) is 5.75 Å². The van der Waals surface area contributed by atoms with Crippen molar-refractivity contribution in [1.82, 2.24) is 20.2 Å². The maximum absolute atomic E-state index is 13.4. The molecule has 0 spiro atoms. The number of hydrazine groups is 1. The van der Waals surface area contributed by atoms with Crippen LogP contribution in [0.4, 0.5) is 13.2 Å². The van der Waals surface area contributed by atoms with Crippen LogP contribution in [-0.4, -0.2) is 20.7 Å². The Hall–Kier alpha value is -3.11. The van der Waals surface area contributed by atoms with Crippen LogP contribution in [0.3, 0.4) is 0 Å². The van der Waals surface area contributed by atoms with E-state index in [1.807, 2.05) is 5.43 Å². The van der Waals surface area contributed by atoms with E-state index in [9.17, 15) is 18.0 Å². The first-order valence-corrected chi connectivity index (χ1v) is 9.39. The summed E-state index contributed by atoms with van der Waals surface area (Å²) in [6.07, 6.45) is -4.55. The number of benzene rings is 2. The van der Waals surface area contributed by atoms with Gasteiger partial charge in [-0.25, -0.2) is 5.84 Å². The number of rotatable bonds is 5. The van der Waals surface area contributed by atoms with Crippen LogP contribution in [0.5, 0.6) is 5.75 Å². The number of nitrogens with zero attached hydrogens (tertiary/aromatic N) is 3. The first-order valence-electron chi connectivity index (χ1n) is 9.01. The van der Waals surface area contributed by atoms with E-state index in [4.69, 9.17) is 22.2 Å². The Labute approximate surface area is 180 Å². The van der Waals surface area contributed by atoms with Crippen molar-refractivity contribution in [1.29, 1.82) is 0 Å². The minimum atomic E-state index is -4.55. The Bertz CT molecular complexity index is 1130. The molecule has 2 aromatic carbocycles. The number of carbonyl (C=O) groups excluding carboxylic acids is 1. The Morgan fingerprint density at radius 2 is 1.84 bits per heavy atom. The highest BCUT2D eigenvalue weighted by Gasteiger charge is 2.36. The fourth-order valence-electron chi connectivity index (χ4n) is 3.18. The summed E-state index contributed by atoms with van der Waals surface area (Å²) in [7, 11) is 1.54. The number of amides is 1. The number of nitrogens with one attached hydrogen (secondary N) is 1. The van der Waals surface area contributed by atoms with Crippen molar-refractivity contribution in [2.45, 2.75) is 25.6 Å². The summed E-state index contributed by atoms with van der Waals surface area (Å²) < 4.78 is 47.7. The molecule has 0 aliphatic heterocycles. The summed E-state index contributed by atoms with van der Waals surface area (Å²) in [5, 5.41) is 8.33. The van der Waals surface area contributed by atoms with E-state index in [2.05, 4.69) is 10.2 Å². The third kappa shape index (κ3) is 4.49. The molecule has 1 amide bonds. The number of nitrogen functional groups attached to an aromatic ring is 1. The molecule has 3 rings (SSSR count). The Morgan fingerprint density at radius 3 is 2.48 bits per heavy atom. The molecule has 0 radical (unpaired) electrons. The highest BCUT2D eigenvalue weighted by molar-refractivity contribution is 6.31. The molecule has 0 aliphatic rings. The molecule has 7 nitrogen and oxygen atoms in total. The van der Waals surface area contributed by atoms with Crippen LogP contribution >= 0.6 is 11.6 Å². The minimum absolute atomic E-state index is 0.0237. The van der Waals surface area contributed by atoms with Crippen molar-refractivity contribution in [2.75, 3.05) is 0 Å². The lowest BCUT2D eigenvalue weighted by atomic mass is 10.1. The lowest BCUT2D eigenvalue weighted by Crippen LogP contribution is -2.33. The quantitative estimate of drug-likeness (QED) is 0.345. The molecule has 31 heavy (non-hydrogen) atoms. The summed E-state index contributed by atoms with van der Waals surface area (Å²) in [4.78, 5) is 12.1. The topological polar surface area (TPSA) is 95.1 Å². The number of carbonyl (C=O) groups is 1. The van der Waals surface area contributed by atoms with Gasteiger partial charge in [0, 0.05) is 17.6 Å². The molecule has 0 unspecified atom stereocenters. The molecule has 3 N–H and O–H groups in total. The van der Waals surface area contributed by atoms with Gasteiger partial charge in [-0.15, -0.1) is 10.2 Å². The summed E-state index contributed by atoms with van der Waals surface area (Å²) in [6.45, 7) is 3.30. The number of ether oxygens (including phenoxy) is 1. The molecular weight excluding hydrogens is 435 g/mol. The zero-order valence-electron chi connectivity index (χ0n) is 16.8.